The molecule has 0 fully saturated rings. The normalized spacial score (nSPS) is 12.0. The van der Waals surface area contributed by atoms with Crippen LogP contribution >= 0.6 is 15.9 Å². The van der Waals surface area contributed by atoms with E-state index >= 15 is 0 Å². The van der Waals surface area contributed by atoms with E-state index in [1.165, 1.54) is 7.11 Å². The lowest BCUT2D eigenvalue weighted by Gasteiger charge is -2.16. The van der Waals surface area contributed by atoms with E-state index < -0.39 is 6.04 Å². The van der Waals surface area contributed by atoms with Crippen molar-refractivity contribution in [1.82, 2.24) is 5.32 Å². The van der Waals surface area contributed by atoms with Crippen LogP contribution in [0.1, 0.15) is 11.6 Å². The van der Waals surface area contributed by atoms with Crippen LogP contribution in [0, 0.1) is 0 Å². The predicted molar refractivity (Wildman–Crippen MR) is 64.5 cm³/mol. The minimum Gasteiger partial charge on any atom is -0.497 e. The van der Waals surface area contributed by atoms with E-state index in [2.05, 4.69) is 21.2 Å². The summed E-state index contributed by atoms with van der Waals surface area (Å²) < 4.78 is 10.7. The number of esters is 1. The topological polar surface area (TPSA) is 47.6 Å². The smallest absolute Gasteiger partial charge is 0.327 e. The summed E-state index contributed by atoms with van der Waals surface area (Å²) in [6.45, 7) is 0. The molecule has 1 atom stereocenters. The number of carbonyl (C=O) groups excluding carboxylic acids is 1. The predicted octanol–water partition coefficient (Wildman–Crippen LogP) is 1.89. The van der Waals surface area contributed by atoms with Gasteiger partial charge in [-0.1, -0.05) is 15.9 Å². The molecule has 0 spiro atoms. The molecule has 88 valence electrons. The molecule has 1 rings (SSSR count). The molecule has 1 N–H and O–H groups in total. The Labute approximate surface area is 103 Å². The van der Waals surface area contributed by atoms with Gasteiger partial charge < -0.3 is 14.8 Å². The van der Waals surface area contributed by atoms with Crippen LogP contribution in [0.3, 0.4) is 0 Å². The van der Waals surface area contributed by atoms with Crippen LogP contribution in [0.4, 0.5) is 0 Å². The molecule has 0 aliphatic rings. The van der Waals surface area contributed by atoms with Gasteiger partial charge in [-0.05, 0) is 30.8 Å². The number of benzene rings is 1. The summed E-state index contributed by atoms with van der Waals surface area (Å²) in [7, 11) is 4.65. The Bertz CT molecular complexity index is 381. The molecule has 1 aromatic rings. The highest BCUT2D eigenvalue weighted by molar-refractivity contribution is 9.10. The van der Waals surface area contributed by atoms with E-state index in [0.29, 0.717) is 5.75 Å². The van der Waals surface area contributed by atoms with Gasteiger partial charge in [0.15, 0.2) is 0 Å². The second-order valence-electron chi connectivity index (χ2n) is 3.13. The van der Waals surface area contributed by atoms with Crippen LogP contribution in [0.25, 0.3) is 0 Å². The molecule has 16 heavy (non-hydrogen) atoms. The number of ether oxygens (including phenoxy) is 2. The standard InChI is InChI=1S/C11H14BrNO3/c1-13-10(11(14)16-3)8-6-7(15-2)4-5-9(8)12/h4-6,10,13H,1-3H3/t10-/m0/s1. The van der Waals surface area contributed by atoms with Crippen molar-refractivity contribution in [2.24, 2.45) is 0 Å². The fourth-order valence-electron chi connectivity index (χ4n) is 1.39. The number of methoxy groups -OCH3 is 2. The summed E-state index contributed by atoms with van der Waals surface area (Å²) >= 11 is 3.40. The highest BCUT2D eigenvalue weighted by atomic mass is 79.9. The zero-order chi connectivity index (χ0) is 12.1. The summed E-state index contributed by atoms with van der Waals surface area (Å²) in [5, 5.41) is 2.90. The zero-order valence-corrected chi connectivity index (χ0v) is 11.0. The Morgan fingerprint density at radius 1 is 1.44 bits per heavy atom. The van der Waals surface area contributed by atoms with Gasteiger partial charge in [-0.15, -0.1) is 0 Å². The number of hydrogen-bond acceptors (Lipinski definition) is 4. The second kappa shape index (κ2) is 5.86. The Hall–Kier alpha value is -1.07. The van der Waals surface area contributed by atoms with Crippen molar-refractivity contribution in [1.29, 1.82) is 0 Å². The Kier molecular flexibility index (Phi) is 4.76. The van der Waals surface area contributed by atoms with Crippen LogP contribution in [-0.2, 0) is 9.53 Å². The average Bonchev–Trinajstić information content (AvgIpc) is 2.32. The first-order valence-electron chi connectivity index (χ1n) is 4.72. The van der Waals surface area contributed by atoms with Crippen LogP contribution in [0.5, 0.6) is 5.75 Å². The fraction of sp³-hybridized carbons (Fsp3) is 0.364. The van der Waals surface area contributed by atoms with E-state index in [1.807, 2.05) is 12.1 Å². The maximum absolute atomic E-state index is 11.5. The first-order valence-corrected chi connectivity index (χ1v) is 5.51. The lowest BCUT2D eigenvalue weighted by atomic mass is 10.1. The molecule has 0 amide bonds. The summed E-state index contributed by atoms with van der Waals surface area (Å²) in [4.78, 5) is 11.5. The van der Waals surface area contributed by atoms with E-state index in [-0.39, 0.29) is 5.97 Å². The molecule has 0 unspecified atom stereocenters. The van der Waals surface area contributed by atoms with E-state index in [1.54, 1.807) is 20.2 Å². The molecule has 0 saturated heterocycles. The summed E-state index contributed by atoms with van der Waals surface area (Å²) in [6, 6.07) is 4.94. The first kappa shape index (κ1) is 13.0. The molecule has 0 aliphatic carbocycles. The van der Waals surface area contributed by atoms with Crippen molar-refractivity contribution < 1.29 is 14.3 Å². The van der Waals surface area contributed by atoms with Gasteiger partial charge in [-0.2, -0.15) is 0 Å². The Morgan fingerprint density at radius 2 is 2.12 bits per heavy atom. The number of hydrogen-bond donors (Lipinski definition) is 1. The molecule has 0 bridgehead atoms. The van der Waals surface area contributed by atoms with Crippen molar-refractivity contribution in [3.05, 3.63) is 28.2 Å². The maximum Gasteiger partial charge on any atom is 0.327 e. The summed E-state index contributed by atoms with van der Waals surface area (Å²) in [5.74, 6) is 0.360. The Balaban J connectivity index is 3.12. The molecule has 1 aromatic carbocycles. The minimum atomic E-state index is -0.505. The van der Waals surface area contributed by atoms with E-state index in [4.69, 9.17) is 9.47 Å². The highest BCUT2D eigenvalue weighted by Crippen LogP contribution is 2.28. The van der Waals surface area contributed by atoms with Crippen LogP contribution in [-0.4, -0.2) is 27.2 Å². The van der Waals surface area contributed by atoms with E-state index in [9.17, 15) is 4.79 Å². The lowest BCUT2D eigenvalue weighted by molar-refractivity contribution is -0.143. The first-order chi connectivity index (χ1) is 7.63. The van der Waals surface area contributed by atoms with Crippen molar-refractivity contribution in [3.8, 4) is 5.75 Å². The third kappa shape index (κ3) is 2.74. The van der Waals surface area contributed by atoms with Gasteiger partial charge in [0.2, 0.25) is 0 Å². The number of halogens is 1. The van der Waals surface area contributed by atoms with Gasteiger partial charge in [0.1, 0.15) is 11.8 Å². The van der Waals surface area contributed by atoms with Crippen LogP contribution < -0.4 is 10.1 Å². The number of rotatable bonds is 4. The summed E-state index contributed by atoms with van der Waals surface area (Å²) in [5.41, 5.74) is 0.786. The van der Waals surface area contributed by atoms with Crippen molar-refractivity contribution in [2.75, 3.05) is 21.3 Å². The van der Waals surface area contributed by atoms with Gasteiger partial charge in [0.25, 0.3) is 0 Å². The second-order valence-corrected chi connectivity index (χ2v) is 3.99. The van der Waals surface area contributed by atoms with E-state index in [0.717, 1.165) is 10.0 Å². The molecule has 0 radical (unpaired) electrons. The third-order valence-corrected chi connectivity index (χ3v) is 2.96. The molecule has 0 saturated carbocycles. The van der Waals surface area contributed by atoms with Crippen LogP contribution in [0.15, 0.2) is 22.7 Å². The van der Waals surface area contributed by atoms with Crippen molar-refractivity contribution in [2.45, 2.75) is 6.04 Å². The molecular weight excluding hydrogens is 274 g/mol. The largest absolute Gasteiger partial charge is 0.497 e. The molecule has 0 aromatic heterocycles. The molecule has 4 nitrogen and oxygen atoms in total. The van der Waals surface area contributed by atoms with Crippen LogP contribution in [0.2, 0.25) is 0 Å². The number of nitrogens with one attached hydrogen (secondary N) is 1. The fourth-order valence-corrected chi connectivity index (χ4v) is 1.86. The van der Waals surface area contributed by atoms with Crippen molar-refractivity contribution >= 4 is 21.9 Å². The summed E-state index contributed by atoms with van der Waals surface area (Å²) in [6.07, 6.45) is 0. The van der Waals surface area contributed by atoms with Gasteiger partial charge in [-0.25, -0.2) is 4.79 Å². The number of carbonyl (C=O) groups is 1. The molecule has 0 aliphatic heterocycles. The van der Waals surface area contributed by atoms with Gasteiger partial charge in [0, 0.05) is 4.47 Å². The molecular formula is C11H14BrNO3. The Morgan fingerprint density at radius 3 is 2.62 bits per heavy atom. The average molecular weight is 288 g/mol. The minimum absolute atomic E-state index is 0.337. The van der Waals surface area contributed by atoms with Crippen molar-refractivity contribution in [3.63, 3.8) is 0 Å². The molecule has 0 heterocycles. The monoisotopic (exact) mass is 287 g/mol. The zero-order valence-electron chi connectivity index (χ0n) is 9.41. The number of likely N-dealkylation sites (N-methyl/N-ethyl adjacent to an activating group) is 1. The van der Waals surface area contributed by atoms with Gasteiger partial charge in [0.05, 0.1) is 14.2 Å². The SMILES string of the molecule is CN[C@H](C(=O)OC)c1cc(OC)ccc1Br. The molecule has 5 heteroatoms. The van der Waals surface area contributed by atoms with Gasteiger partial charge >= 0.3 is 5.97 Å². The lowest BCUT2D eigenvalue weighted by Crippen LogP contribution is -2.26. The quantitative estimate of drug-likeness (QED) is 0.860. The third-order valence-electron chi connectivity index (χ3n) is 2.24. The van der Waals surface area contributed by atoms with Gasteiger partial charge in [-0.3, -0.25) is 0 Å². The highest BCUT2D eigenvalue weighted by Gasteiger charge is 2.22. The maximum atomic E-state index is 11.5.